The SMILES string of the molecule is C/N=C\c1cc(F)ccc1Sc1cc(-c2cnn([C@@H]3C[C@H]4CC[C@@H](C3)N4C)c2C)cn2ncc(C#N)c12. The van der Waals surface area contributed by atoms with Crippen LogP contribution in [0.4, 0.5) is 4.39 Å². The van der Waals surface area contributed by atoms with Gasteiger partial charge in [-0.1, -0.05) is 11.8 Å². The van der Waals surface area contributed by atoms with Crippen LogP contribution >= 0.6 is 11.8 Å². The number of hydrogen-bond donors (Lipinski definition) is 0. The molecule has 9 heteroatoms. The highest BCUT2D eigenvalue weighted by atomic mass is 32.2. The highest BCUT2D eigenvalue weighted by Crippen LogP contribution is 2.42. The number of aromatic nitrogens is 4. The van der Waals surface area contributed by atoms with Crippen molar-refractivity contribution < 1.29 is 4.39 Å². The molecule has 5 heterocycles. The third-order valence-corrected chi connectivity index (χ3v) is 9.05. The first kappa shape index (κ1) is 23.9. The van der Waals surface area contributed by atoms with Crippen molar-refractivity contribution in [3.8, 4) is 17.2 Å². The molecule has 2 aliphatic rings. The van der Waals surface area contributed by atoms with Gasteiger partial charge in [0, 0.05) is 63.7 Å². The summed E-state index contributed by atoms with van der Waals surface area (Å²) in [7, 11) is 3.92. The van der Waals surface area contributed by atoms with Crippen LogP contribution in [0.15, 0.2) is 57.6 Å². The summed E-state index contributed by atoms with van der Waals surface area (Å²) in [6.45, 7) is 2.14. The normalized spacial score (nSPS) is 21.8. The lowest BCUT2D eigenvalue weighted by Gasteiger charge is -2.36. The van der Waals surface area contributed by atoms with Crippen molar-refractivity contribution >= 4 is 23.5 Å². The van der Waals surface area contributed by atoms with E-state index in [1.807, 2.05) is 12.4 Å². The molecule has 0 radical (unpaired) electrons. The summed E-state index contributed by atoms with van der Waals surface area (Å²) in [5.41, 5.74) is 5.09. The number of pyridine rings is 1. The first-order valence-electron chi connectivity index (χ1n) is 12.5. The van der Waals surface area contributed by atoms with Gasteiger partial charge in [0.1, 0.15) is 11.9 Å². The molecule has 7 nitrogen and oxygen atoms in total. The van der Waals surface area contributed by atoms with Crippen LogP contribution in [0.3, 0.4) is 0 Å². The van der Waals surface area contributed by atoms with E-state index in [0.717, 1.165) is 45.0 Å². The topological polar surface area (TPSA) is 74.5 Å². The fourth-order valence-electron chi connectivity index (χ4n) is 6.02. The molecule has 1 aromatic carbocycles. The van der Waals surface area contributed by atoms with Gasteiger partial charge in [0.2, 0.25) is 0 Å². The second-order valence-corrected chi connectivity index (χ2v) is 11.1. The number of aliphatic imine (C=N–C) groups is 1. The molecule has 4 aromatic rings. The Balaban J connectivity index is 1.42. The Labute approximate surface area is 219 Å². The van der Waals surface area contributed by atoms with Gasteiger partial charge >= 0.3 is 0 Å². The van der Waals surface area contributed by atoms with Gasteiger partial charge in [0.25, 0.3) is 0 Å². The molecular formula is C28H28FN7S. The van der Waals surface area contributed by atoms with Gasteiger partial charge in [0.05, 0.1) is 29.5 Å². The Hall–Kier alpha value is -3.48. The van der Waals surface area contributed by atoms with E-state index in [1.165, 1.54) is 36.7 Å². The van der Waals surface area contributed by atoms with Crippen molar-refractivity contribution in [1.29, 1.82) is 5.26 Å². The molecule has 0 amide bonds. The monoisotopic (exact) mass is 513 g/mol. The molecule has 3 aromatic heterocycles. The number of nitrogens with zero attached hydrogens (tertiary/aromatic N) is 7. The zero-order chi connectivity index (χ0) is 25.7. The van der Waals surface area contributed by atoms with Crippen molar-refractivity contribution in [2.45, 2.75) is 60.5 Å². The van der Waals surface area contributed by atoms with Crippen LogP contribution < -0.4 is 0 Å². The average molecular weight is 514 g/mol. The van der Waals surface area contributed by atoms with Gasteiger partial charge in [-0.2, -0.15) is 15.5 Å². The second-order valence-electron chi connectivity index (χ2n) is 9.99. The molecule has 0 unspecified atom stereocenters. The van der Waals surface area contributed by atoms with Gasteiger partial charge in [-0.25, -0.2) is 8.91 Å². The largest absolute Gasteiger partial charge is 0.300 e. The number of nitriles is 1. The number of piperidine rings is 1. The summed E-state index contributed by atoms with van der Waals surface area (Å²) in [6, 6.07) is 10.7. The maximum absolute atomic E-state index is 14.0. The van der Waals surface area contributed by atoms with Gasteiger partial charge in [-0.05, 0) is 63.9 Å². The molecule has 0 aliphatic carbocycles. The number of rotatable bonds is 5. The zero-order valence-electron chi connectivity index (χ0n) is 21.1. The molecule has 0 spiro atoms. The molecule has 0 N–H and O–H groups in total. The van der Waals surface area contributed by atoms with Crippen molar-refractivity contribution in [1.82, 2.24) is 24.3 Å². The molecule has 0 saturated carbocycles. The van der Waals surface area contributed by atoms with E-state index in [-0.39, 0.29) is 5.82 Å². The first-order valence-corrected chi connectivity index (χ1v) is 13.4. The predicted molar refractivity (Wildman–Crippen MR) is 143 cm³/mol. The van der Waals surface area contributed by atoms with Gasteiger partial charge in [-0.15, -0.1) is 0 Å². The Morgan fingerprint density at radius 2 is 1.89 bits per heavy atom. The molecule has 188 valence electrons. The van der Waals surface area contributed by atoms with E-state index in [4.69, 9.17) is 5.10 Å². The Kier molecular flexibility index (Phi) is 6.09. The molecule has 2 saturated heterocycles. The Morgan fingerprint density at radius 3 is 2.62 bits per heavy atom. The lowest BCUT2D eigenvalue weighted by Crippen LogP contribution is -2.40. The highest BCUT2D eigenvalue weighted by molar-refractivity contribution is 7.99. The minimum Gasteiger partial charge on any atom is -0.300 e. The van der Waals surface area contributed by atoms with Crippen molar-refractivity contribution in [3.05, 3.63) is 65.5 Å². The van der Waals surface area contributed by atoms with Gasteiger partial charge < -0.3 is 4.90 Å². The smallest absolute Gasteiger partial charge is 0.123 e. The summed E-state index contributed by atoms with van der Waals surface area (Å²) in [5, 5.41) is 19.1. The minimum atomic E-state index is -0.314. The van der Waals surface area contributed by atoms with Crippen molar-refractivity contribution in [2.24, 2.45) is 4.99 Å². The minimum absolute atomic E-state index is 0.314. The van der Waals surface area contributed by atoms with Crippen LogP contribution in [0.5, 0.6) is 0 Å². The van der Waals surface area contributed by atoms with Crippen LogP contribution in [-0.4, -0.2) is 56.7 Å². The van der Waals surface area contributed by atoms with Gasteiger partial charge in [0.15, 0.2) is 0 Å². The maximum atomic E-state index is 14.0. The summed E-state index contributed by atoms with van der Waals surface area (Å²) < 4.78 is 17.9. The lowest BCUT2D eigenvalue weighted by atomic mass is 9.97. The van der Waals surface area contributed by atoms with E-state index < -0.39 is 0 Å². The molecule has 2 bridgehead atoms. The Morgan fingerprint density at radius 1 is 1.11 bits per heavy atom. The third kappa shape index (κ3) is 4.14. The summed E-state index contributed by atoms with van der Waals surface area (Å²) in [4.78, 5) is 8.36. The molecule has 6 rings (SSSR count). The summed E-state index contributed by atoms with van der Waals surface area (Å²) >= 11 is 1.48. The van der Waals surface area contributed by atoms with E-state index in [2.05, 4.69) is 45.8 Å². The van der Waals surface area contributed by atoms with E-state index in [1.54, 1.807) is 30.0 Å². The van der Waals surface area contributed by atoms with Crippen LogP contribution in [0.2, 0.25) is 0 Å². The predicted octanol–water partition coefficient (Wildman–Crippen LogP) is 5.51. The van der Waals surface area contributed by atoms with Crippen LogP contribution in [0, 0.1) is 24.1 Å². The van der Waals surface area contributed by atoms with E-state index in [0.29, 0.717) is 29.3 Å². The van der Waals surface area contributed by atoms with E-state index >= 15 is 0 Å². The number of halogens is 1. The van der Waals surface area contributed by atoms with Crippen LogP contribution in [-0.2, 0) is 0 Å². The summed E-state index contributed by atoms with van der Waals surface area (Å²) in [6.07, 6.45) is 12.0. The second kappa shape index (κ2) is 9.43. The van der Waals surface area contributed by atoms with E-state index in [9.17, 15) is 9.65 Å². The van der Waals surface area contributed by atoms with Crippen molar-refractivity contribution in [3.63, 3.8) is 0 Å². The van der Waals surface area contributed by atoms with Crippen molar-refractivity contribution in [2.75, 3.05) is 14.1 Å². The Bertz CT molecular complexity index is 1550. The maximum Gasteiger partial charge on any atom is 0.123 e. The molecule has 2 fully saturated rings. The summed E-state index contributed by atoms with van der Waals surface area (Å²) in [5.74, 6) is -0.314. The average Bonchev–Trinajstić information content (AvgIpc) is 3.53. The number of benzene rings is 1. The quantitative estimate of drug-likeness (QED) is 0.329. The fraction of sp³-hybridized carbons (Fsp3) is 0.357. The standard InChI is InChI=1S/C28H28FN7S/c1-17-25(15-33-36(17)24-10-22-5-6-23(11-24)34(22)3)19-9-27(28-20(12-30)14-32-35(28)16-19)37-26-7-4-21(29)8-18(26)13-31-2/h4,7-9,13-16,22-24H,5-6,10-11H2,1-3H3/b31-13-/t22-,23+,24-. The third-order valence-electron chi connectivity index (χ3n) is 7.93. The van der Waals surface area contributed by atoms with Crippen LogP contribution in [0.1, 0.15) is 48.5 Å². The molecule has 37 heavy (non-hydrogen) atoms. The zero-order valence-corrected chi connectivity index (χ0v) is 21.9. The molecular weight excluding hydrogens is 485 g/mol. The molecule has 2 aliphatic heterocycles. The molecule has 3 atom stereocenters. The first-order chi connectivity index (χ1) is 18.0. The fourth-order valence-corrected chi connectivity index (χ4v) is 7.11. The lowest BCUT2D eigenvalue weighted by molar-refractivity contribution is 0.130. The highest BCUT2D eigenvalue weighted by Gasteiger charge is 2.39. The van der Waals surface area contributed by atoms with Gasteiger partial charge in [-0.3, -0.25) is 9.67 Å². The van der Waals surface area contributed by atoms with Crippen LogP contribution in [0.25, 0.3) is 16.6 Å². The number of hydrogen-bond acceptors (Lipinski definition) is 6. The number of fused-ring (bicyclic) bond motifs is 3.